The molecule has 5 nitrogen and oxygen atoms in total. The topological polar surface area (TPSA) is 61.1 Å². The van der Waals surface area contributed by atoms with Crippen LogP contribution in [0.25, 0.3) is 0 Å². The number of aryl methyl sites for hydroxylation is 2. The van der Waals surface area contributed by atoms with Gasteiger partial charge in [-0.2, -0.15) is 4.57 Å². The second kappa shape index (κ2) is 7.22. The average Bonchev–Trinajstić information content (AvgIpc) is 2.53. The summed E-state index contributed by atoms with van der Waals surface area (Å²) in [6.45, 7) is 2.02. The number of unbranched alkanes of at least 4 members (excludes halogenated alkanes) is 1. The lowest BCUT2D eigenvalue weighted by molar-refractivity contribution is 0.0948. The third-order valence-electron chi connectivity index (χ3n) is 3.33. The summed E-state index contributed by atoms with van der Waals surface area (Å²) in [7, 11) is 0. The lowest BCUT2D eigenvalue weighted by Crippen LogP contribution is -2.44. The Kier molecular flexibility index (Phi) is 5.33. The molecule has 0 aliphatic heterocycles. The quantitative estimate of drug-likeness (QED) is 0.625. The number of rotatable bonds is 5. The zero-order valence-corrected chi connectivity index (χ0v) is 13.0. The minimum Gasteiger partial charge on any atom is -0.300 e. The molecule has 1 aromatic carbocycles. The molecule has 116 valence electrons. The number of nitrogens with zero attached hydrogens (tertiary/aromatic N) is 2. The highest BCUT2D eigenvalue weighted by Crippen LogP contribution is 2.01. The maximum Gasteiger partial charge on any atom is 0.338 e. The Morgan fingerprint density at radius 1 is 1.14 bits per heavy atom. The van der Waals surface area contributed by atoms with Crippen LogP contribution < -0.4 is 11.2 Å². The largest absolute Gasteiger partial charge is 0.338 e. The van der Waals surface area contributed by atoms with Gasteiger partial charge in [-0.3, -0.25) is 14.2 Å². The lowest BCUT2D eigenvalue weighted by Gasteiger charge is -2.10. The van der Waals surface area contributed by atoms with Crippen LogP contribution in [-0.4, -0.2) is 20.9 Å². The van der Waals surface area contributed by atoms with Gasteiger partial charge in [-0.25, -0.2) is 4.79 Å². The Hall–Kier alpha value is -2.14. The average molecular weight is 321 g/mol. The molecule has 0 atom stereocenters. The van der Waals surface area contributed by atoms with E-state index in [4.69, 9.17) is 11.6 Å². The van der Waals surface area contributed by atoms with Gasteiger partial charge < -0.3 is 0 Å². The van der Waals surface area contributed by atoms with Crippen molar-refractivity contribution in [2.45, 2.75) is 26.3 Å². The van der Waals surface area contributed by atoms with Gasteiger partial charge in [-0.15, -0.1) is 11.6 Å². The van der Waals surface area contributed by atoms with Crippen LogP contribution >= 0.6 is 11.6 Å². The van der Waals surface area contributed by atoms with Gasteiger partial charge in [0.15, 0.2) is 0 Å². The van der Waals surface area contributed by atoms with Gasteiger partial charge in [0.2, 0.25) is 0 Å². The van der Waals surface area contributed by atoms with E-state index in [1.165, 1.54) is 10.8 Å². The Balaban J connectivity index is 2.49. The monoisotopic (exact) mass is 320 g/mol. The molecule has 1 aromatic heterocycles. The molecule has 2 rings (SSSR count). The van der Waals surface area contributed by atoms with Gasteiger partial charge in [-0.05, 0) is 31.9 Å². The third kappa shape index (κ3) is 3.36. The van der Waals surface area contributed by atoms with E-state index in [9.17, 15) is 14.4 Å². The second-order valence-electron chi connectivity index (χ2n) is 5.00. The Morgan fingerprint density at radius 3 is 2.45 bits per heavy atom. The predicted octanol–water partition coefficient (Wildman–Crippen LogP) is 2.03. The van der Waals surface area contributed by atoms with E-state index in [0.717, 1.165) is 6.42 Å². The molecule has 0 aliphatic rings. The molecule has 0 unspecified atom stereocenters. The minimum absolute atomic E-state index is 0.305. The van der Waals surface area contributed by atoms with Gasteiger partial charge in [0.05, 0.1) is 0 Å². The highest BCUT2D eigenvalue weighted by atomic mass is 35.5. The summed E-state index contributed by atoms with van der Waals surface area (Å²) >= 11 is 5.63. The zero-order chi connectivity index (χ0) is 16.1. The minimum atomic E-state index is -0.612. The molecule has 0 amide bonds. The van der Waals surface area contributed by atoms with Crippen LogP contribution in [-0.2, 0) is 6.54 Å². The van der Waals surface area contributed by atoms with Crippen molar-refractivity contribution in [2.75, 3.05) is 5.88 Å². The van der Waals surface area contributed by atoms with Gasteiger partial charge >= 0.3 is 5.69 Å². The van der Waals surface area contributed by atoms with E-state index in [-0.39, 0.29) is 0 Å². The molecule has 0 N–H and O–H groups in total. The molecule has 0 spiro atoms. The highest BCUT2D eigenvalue weighted by Gasteiger charge is 2.16. The van der Waals surface area contributed by atoms with Crippen LogP contribution in [0.3, 0.4) is 0 Å². The first-order valence-electron chi connectivity index (χ1n) is 7.05. The van der Waals surface area contributed by atoms with Crippen LogP contribution in [0.2, 0.25) is 0 Å². The maximum absolute atomic E-state index is 12.5. The number of alkyl halides is 1. The van der Waals surface area contributed by atoms with Crippen molar-refractivity contribution in [3.8, 4) is 0 Å². The molecule has 0 bridgehead atoms. The molecular formula is C16H17ClN2O3. The summed E-state index contributed by atoms with van der Waals surface area (Å²) in [6.07, 6.45) is 2.97. The number of halogens is 1. The summed E-state index contributed by atoms with van der Waals surface area (Å²) in [5, 5.41) is 0. The molecule has 0 saturated heterocycles. The number of hydrogen-bond acceptors (Lipinski definition) is 3. The molecule has 0 aliphatic carbocycles. The van der Waals surface area contributed by atoms with Crippen LogP contribution in [0.1, 0.15) is 28.8 Å². The summed E-state index contributed by atoms with van der Waals surface area (Å²) in [5.74, 6) is -0.0959. The first-order chi connectivity index (χ1) is 10.6. The predicted molar refractivity (Wildman–Crippen MR) is 85.8 cm³/mol. The lowest BCUT2D eigenvalue weighted by atomic mass is 10.2. The van der Waals surface area contributed by atoms with Crippen LogP contribution in [0.15, 0.2) is 46.1 Å². The molecule has 6 heteroatoms. The van der Waals surface area contributed by atoms with Gasteiger partial charge in [0.1, 0.15) is 0 Å². The first-order valence-corrected chi connectivity index (χ1v) is 7.58. The van der Waals surface area contributed by atoms with Crippen molar-refractivity contribution in [2.24, 2.45) is 0 Å². The van der Waals surface area contributed by atoms with Crippen molar-refractivity contribution >= 4 is 17.5 Å². The van der Waals surface area contributed by atoms with Crippen LogP contribution in [0, 0.1) is 6.92 Å². The SMILES string of the molecule is Cc1cn(CCCCCl)c(=O)n(C(=O)c2ccccc2)c1=O. The smallest absolute Gasteiger partial charge is 0.300 e. The molecule has 0 saturated carbocycles. The number of carbonyl (C=O) groups excluding carboxylic acids is 1. The summed E-state index contributed by atoms with van der Waals surface area (Å²) in [4.78, 5) is 37.1. The van der Waals surface area contributed by atoms with Crippen molar-refractivity contribution in [3.63, 3.8) is 0 Å². The van der Waals surface area contributed by atoms with Crippen LogP contribution in [0.5, 0.6) is 0 Å². The molecule has 1 heterocycles. The van der Waals surface area contributed by atoms with E-state index >= 15 is 0 Å². The summed E-state index contributed by atoms with van der Waals surface area (Å²) in [5.41, 5.74) is -0.527. The summed E-state index contributed by atoms with van der Waals surface area (Å²) < 4.78 is 2.09. The van der Waals surface area contributed by atoms with Gasteiger partial charge in [0.25, 0.3) is 11.5 Å². The second-order valence-corrected chi connectivity index (χ2v) is 5.37. The molecular weight excluding hydrogens is 304 g/mol. The molecule has 22 heavy (non-hydrogen) atoms. The fraction of sp³-hybridized carbons (Fsp3) is 0.312. The Morgan fingerprint density at radius 2 is 1.82 bits per heavy atom. The van der Waals surface area contributed by atoms with Crippen molar-refractivity contribution in [1.82, 2.24) is 9.13 Å². The van der Waals surface area contributed by atoms with E-state index in [1.54, 1.807) is 37.3 Å². The van der Waals surface area contributed by atoms with Gasteiger partial charge in [0, 0.05) is 29.7 Å². The van der Waals surface area contributed by atoms with Crippen LogP contribution in [0.4, 0.5) is 0 Å². The normalized spacial score (nSPS) is 10.6. The van der Waals surface area contributed by atoms with Crippen molar-refractivity contribution in [1.29, 1.82) is 0 Å². The third-order valence-corrected chi connectivity index (χ3v) is 3.60. The first kappa shape index (κ1) is 16.2. The number of benzene rings is 1. The molecule has 0 radical (unpaired) electrons. The fourth-order valence-electron chi connectivity index (χ4n) is 2.16. The molecule has 0 fully saturated rings. The van der Waals surface area contributed by atoms with E-state index in [1.807, 2.05) is 0 Å². The Labute approximate surface area is 132 Å². The number of aromatic nitrogens is 2. The number of carbonyl (C=O) groups is 1. The highest BCUT2D eigenvalue weighted by molar-refractivity contribution is 6.17. The zero-order valence-electron chi connectivity index (χ0n) is 12.3. The van der Waals surface area contributed by atoms with E-state index in [0.29, 0.717) is 34.5 Å². The van der Waals surface area contributed by atoms with E-state index in [2.05, 4.69) is 0 Å². The standard InChI is InChI=1S/C16H17ClN2O3/c1-12-11-18(10-6-5-9-17)16(22)19(14(12)20)15(21)13-7-3-2-4-8-13/h2-4,7-8,11H,5-6,9-10H2,1H3. The fourth-order valence-corrected chi connectivity index (χ4v) is 2.35. The molecule has 2 aromatic rings. The van der Waals surface area contributed by atoms with Gasteiger partial charge in [-0.1, -0.05) is 18.2 Å². The summed E-state index contributed by atoms with van der Waals surface area (Å²) in [6, 6.07) is 8.29. The number of hydrogen-bond donors (Lipinski definition) is 0. The Bertz CT molecular complexity index is 778. The van der Waals surface area contributed by atoms with Crippen molar-refractivity contribution < 1.29 is 4.79 Å². The van der Waals surface area contributed by atoms with E-state index < -0.39 is 17.2 Å². The van der Waals surface area contributed by atoms with Crippen molar-refractivity contribution in [3.05, 3.63) is 68.5 Å². The maximum atomic E-state index is 12.5.